The van der Waals surface area contributed by atoms with Crippen LogP contribution < -0.4 is 15.2 Å². The van der Waals surface area contributed by atoms with Gasteiger partial charge < -0.3 is 39.3 Å². The molecule has 5 aromatic rings. The summed E-state index contributed by atoms with van der Waals surface area (Å²) in [5.41, 5.74) is 8.44. The van der Waals surface area contributed by atoms with Gasteiger partial charge in [-0.25, -0.2) is 15.0 Å². The fraction of sp³-hybridized carbons (Fsp3) is 0.324. The molecular weight excluding hydrogens is 590 g/mol. The van der Waals surface area contributed by atoms with Crippen LogP contribution in [-0.2, 0) is 24.5 Å². The van der Waals surface area contributed by atoms with E-state index in [1.54, 1.807) is 32.2 Å². The van der Waals surface area contributed by atoms with Crippen molar-refractivity contribution in [2.24, 2.45) is 0 Å². The lowest BCUT2D eigenvalue weighted by Gasteiger charge is -2.37. The summed E-state index contributed by atoms with van der Waals surface area (Å²) in [6.45, 7) is 0.572. The molecule has 46 heavy (non-hydrogen) atoms. The van der Waals surface area contributed by atoms with E-state index in [1.807, 2.05) is 78.9 Å². The summed E-state index contributed by atoms with van der Waals surface area (Å²) in [4.78, 5) is 12.8. The Balaban J connectivity index is 1.40. The van der Waals surface area contributed by atoms with Crippen molar-refractivity contribution in [2.45, 2.75) is 30.1 Å². The van der Waals surface area contributed by atoms with E-state index in [9.17, 15) is 5.11 Å². The number of aromatic nitrogens is 4. The molecule has 1 aliphatic heterocycles. The predicted octanol–water partition coefficient (Wildman–Crippen LogP) is 3.72. The minimum Gasteiger partial charge on any atom is -0.497 e. The van der Waals surface area contributed by atoms with Gasteiger partial charge >= 0.3 is 0 Å². The highest BCUT2D eigenvalue weighted by atomic mass is 16.6. The number of nitrogen functional groups attached to an aromatic ring is 1. The molecule has 4 atom stereocenters. The highest BCUT2D eigenvalue weighted by molar-refractivity contribution is 5.81. The molecule has 12 heteroatoms. The summed E-state index contributed by atoms with van der Waals surface area (Å²) >= 11 is 0. The minimum absolute atomic E-state index is 0.00148. The van der Waals surface area contributed by atoms with Crippen LogP contribution in [0.2, 0.25) is 0 Å². The van der Waals surface area contributed by atoms with Crippen molar-refractivity contribution in [3.05, 3.63) is 108 Å². The molecule has 0 bridgehead atoms. The lowest BCUT2D eigenvalue weighted by atomic mass is 9.80. The third kappa shape index (κ3) is 5.88. The molecule has 0 unspecified atom stereocenters. The summed E-state index contributed by atoms with van der Waals surface area (Å²) in [5.74, 6) is 1.67. The highest BCUT2D eigenvalue weighted by Gasteiger charge is 2.48. The van der Waals surface area contributed by atoms with Crippen molar-refractivity contribution in [2.75, 3.05) is 46.9 Å². The maximum Gasteiger partial charge on any atom is 0.167 e. The van der Waals surface area contributed by atoms with Crippen LogP contribution in [0.4, 0.5) is 5.82 Å². The average Bonchev–Trinajstić information content (AvgIpc) is 3.67. The molecule has 0 spiro atoms. The van der Waals surface area contributed by atoms with Crippen LogP contribution in [0.5, 0.6) is 11.5 Å². The summed E-state index contributed by atoms with van der Waals surface area (Å²) < 4.78 is 37.5. The number of anilines is 1. The first-order chi connectivity index (χ1) is 22.5. The van der Waals surface area contributed by atoms with E-state index in [-0.39, 0.29) is 19.0 Å². The van der Waals surface area contributed by atoms with Gasteiger partial charge in [0.05, 0.1) is 40.4 Å². The Bertz CT molecular complexity index is 1670. The molecule has 3 heterocycles. The van der Waals surface area contributed by atoms with Gasteiger partial charge in [0, 0.05) is 7.11 Å². The molecule has 0 aliphatic carbocycles. The van der Waals surface area contributed by atoms with E-state index >= 15 is 0 Å². The van der Waals surface area contributed by atoms with Crippen LogP contribution in [0.25, 0.3) is 11.2 Å². The number of imidazole rings is 1. The molecule has 3 N–H and O–H groups in total. The van der Waals surface area contributed by atoms with Crippen molar-refractivity contribution in [1.29, 1.82) is 0 Å². The van der Waals surface area contributed by atoms with Gasteiger partial charge in [-0.1, -0.05) is 54.6 Å². The van der Waals surface area contributed by atoms with E-state index in [1.165, 1.54) is 6.33 Å². The minimum atomic E-state index is -1.10. The number of aliphatic hydroxyl groups is 1. The monoisotopic (exact) mass is 627 g/mol. The fourth-order valence-electron chi connectivity index (χ4n) is 5.87. The molecular formula is C34H37N5O7. The van der Waals surface area contributed by atoms with Crippen molar-refractivity contribution in [1.82, 2.24) is 19.5 Å². The highest BCUT2D eigenvalue weighted by Crippen LogP contribution is 2.43. The Labute approximate surface area is 266 Å². The van der Waals surface area contributed by atoms with Crippen LogP contribution in [0.15, 0.2) is 91.5 Å². The standard InChI is InChI=1S/C34H37N5O7/c1-41-17-18-44-30-29(40)27(46-33(30)39-21-38-28-31(35)36-20-37-32(28)39)19-45-34(22-7-5-4-6-8-22,23-9-13-25(42-2)14-10-23)24-11-15-26(43-3)16-12-24/h4-16,20-21,27,29-30,33,40H,17-19H2,1-3H3,(H2,35,36,37)/t27-,29-,30-,33-/m1/s1. The first kappa shape index (κ1) is 31.4. The topological polar surface area (TPSA) is 145 Å². The van der Waals surface area contributed by atoms with Crippen LogP contribution in [0, 0.1) is 0 Å². The molecule has 2 aromatic heterocycles. The largest absolute Gasteiger partial charge is 0.497 e. The molecule has 0 saturated carbocycles. The van der Waals surface area contributed by atoms with Crippen molar-refractivity contribution in [3.63, 3.8) is 0 Å². The molecule has 1 fully saturated rings. The number of hydrogen-bond acceptors (Lipinski definition) is 11. The summed E-state index contributed by atoms with van der Waals surface area (Å²) in [6.07, 6.45) is -0.516. The summed E-state index contributed by atoms with van der Waals surface area (Å²) in [5, 5.41) is 11.7. The maximum absolute atomic E-state index is 11.7. The Morgan fingerprint density at radius 3 is 2.07 bits per heavy atom. The zero-order chi connectivity index (χ0) is 32.1. The number of methoxy groups -OCH3 is 3. The number of rotatable bonds is 13. The van der Waals surface area contributed by atoms with Gasteiger partial charge in [-0.15, -0.1) is 0 Å². The number of nitrogens with two attached hydrogens (primary N) is 1. The van der Waals surface area contributed by atoms with Gasteiger partial charge in [0.1, 0.15) is 47.3 Å². The van der Waals surface area contributed by atoms with Crippen LogP contribution in [0.1, 0.15) is 22.9 Å². The number of aliphatic hydroxyl groups excluding tert-OH is 1. The third-order valence-corrected chi connectivity index (χ3v) is 8.21. The molecule has 12 nitrogen and oxygen atoms in total. The van der Waals surface area contributed by atoms with E-state index in [2.05, 4.69) is 15.0 Å². The number of ether oxygens (including phenoxy) is 6. The van der Waals surface area contributed by atoms with Gasteiger partial charge in [-0.05, 0) is 41.0 Å². The molecule has 6 rings (SSSR count). The second kappa shape index (κ2) is 13.8. The zero-order valence-corrected chi connectivity index (χ0v) is 25.9. The average molecular weight is 628 g/mol. The molecule has 1 saturated heterocycles. The van der Waals surface area contributed by atoms with E-state index in [0.717, 1.165) is 16.7 Å². The van der Waals surface area contributed by atoms with Gasteiger partial charge in [0.2, 0.25) is 0 Å². The second-order valence-electron chi connectivity index (χ2n) is 10.8. The Kier molecular flexibility index (Phi) is 9.43. The van der Waals surface area contributed by atoms with E-state index < -0.39 is 30.1 Å². The van der Waals surface area contributed by atoms with Crippen LogP contribution in [-0.4, -0.2) is 84.1 Å². The first-order valence-electron chi connectivity index (χ1n) is 14.9. The smallest absolute Gasteiger partial charge is 0.167 e. The molecule has 1 aliphatic rings. The second-order valence-corrected chi connectivity index (χ2v) is 10.8. The Morgan fingerprint density at radius 2 is 1.46 bits per heavy atom. The Morgan fingerprint density at radius 1 is 0.826 bits per heavy atom. The fourth-order valence-corrected chi connectivity index (χ4v) is 5.87. The zero-order valence-electron chi connectivity index (χ0n) is 25.9. The van der Waals surface area contributed by atoms with E-state index in [4.69, 9.17) is 34.2 Å². The molecule has 240 valence electrons. The summed E-state index contributed by atoms with van der Waals surface area (Å²) in [7, 11) is 4.84. The molecule has 0 amide bonds. The Hall–Kier alpha value is -4.59. The lowest BCUT2D eigenvalue weighted by Crippen LogP contribution is -2.40. The van der Waals surface area contributed by atoms with Crippen molar-refractivity contribution >= 4 is 17.0 Å². The van der Waals surface area contributed by atoms with E-state index in [0.29, 0.717) is 29.3 Å². The third-order valence-electron chi connectivity index (χ3n) is 8.21. The predicted molar refractivity (Wildman–Crippen MR) is 170 cm³/mol. The number of benzene rings is 3. The number of fused-ring (bicyclic) bond motifs is 1. The van der Waals surface area contributed by atoms with Crippen LogP contribution >= 0.6 is 0 Å². The van der Waals surface area contributed by atoms with Crippen molar-refractivity contribution < 1.29 is 33.5 Å². The normalized spacial score (nSPS) is 19.8. The van der Waals surface area contributed by atoms with Crippen LogP contribution in [0.3, 0.4) is 0 Å². The lowest BCUT2D eigenvalue weighted by molar-refractivity contribution is -0.0970. The molecule has 3 aromatic carbocycles. The summed E-state index contributed by atoms with van der Waals surface area (Å²) in [6, 6.07) is 25.4. The number of nitrogens with zero attached hydrogens (tertiary/aromatic N) is 4. The molecule has 0 radical (unpaired) electrons. The SMILES string of the molecule is COCCO[C@@H]1[C@H](O)[C@@H](COC(c2ccccc2)(c2ccc(OC)cc2)c2ccc(OC)cc2)O[C@H]1n1cnc2c(N)ncnc21. The van der Waals surface area contributed by atoms with Gasteiger partial charge in [-0.3, -0.25) is 4.57 Å². The van der Waals surface area contributed by atoms with Gasteiger partial charge in [-0.2, -0.15) is 0 Å². The number of hydrogen-bond donors (Lipinski definition) is 2. The van der Waals surface area contributed by atoms with Gasteiger partial charge in [0.25, 0.3) is 0 Å². The first-order valence-corrected chi connectivity index (χ1v) is 14.9. The van der Waals surface area contributed by atoms with Gasteiger partial charge in [0.15, 0.2) is 17.7 Å². The van der Waals surface area contributed by atoms with Crippen molar-refractivity contribution in [3.8, 4) is 11.5 Å². The quantitative estimate of drug-likeness (QED) is 0.146. The maximum atomic E-state index is 11.7.